The molecule has 0 unspecified atom stereocenters. The Morgan fingerprint density at radius 3 is 2.76 bits per heavy atom. The average molecular weight is 339 g/mol. The third-order valence-electron chi connectivity index (χ3n) is 4.44. The van der Waals surface area contributed by atoms with Gasteiger partial charge in [0.1, 0.15) is 5.82 Å². The molecule has 0 radical (unpaired) electrons. The van der Waals surface area contributed by atoms with E-state index in [2.05, 4.69) is 10.1 Å². The molecule has 1 fully saturated rings. The third kappa shape index (κ3) is 2.82. The number of carbonyl (C=O) groups excluding carboxylic acids is 1. The van der Waals surface area contributed by atoms with Crippen LogP contribution in [0, 0.1) is 12.7 Å². The van der Waals surface area contributed by atoms with Gasteiger partial charge in [-0.25, -0.2) is 4.39 Å². The van der Waals surface area contributed by atoms with E-state index in [4.69, 9.17) is 0 Å². The molecule has 0 atom stereocenters. The maximum Gasteiger partial charge on any atom is 0.246 e. The number of piperazine rings is 1. The average Bonchev–Trinajstić information content (AvgIpc) is 3.00. The zero-order valence-corrected chi connectivity index (χ0v) is 14.1. The van der Waals surface area contributed by atoms with Crippen LogP contribution in [0.2, 0.25) is 0 Å². The fourth-order valence-corrected chi connectivity index (χ4v) is 3.27. The van der Waals surface area contributed by atoms with Gasteiger partial charge in [0.05, 0.1) is 23.9 Å². The van der Waals surface area contributed by atoms with Gasteiger partial charge in [-0.1, -0.05) is 0 Å². The van der Waals surface area contributed by atoms with Gasteiger partial charge in [-0.05, 0) is 31.2 Å². The number of aryl methyl sites for hydroxylation is 2. The van der Waals surface area contributed by atoms with Crippen LogP contribution >= 0.6 is 0 Å². The monoisotopic (exact) mass is 339 g/mol. The highest BCUT2D eigenvalue weighted by Gasteiger charge is 2.27. The minimum atomic E-state index is -0.306. The number of rotatable bonds is 2. The molecular formula is C18H18FN5O. The van der Waals surface area contributed by atoms with Gasteiger partial charge in [-0.2, -0.15) is 5.10 Å². The lowest BCUT2D eigenvalue weighted by Gasteiger charge is -2.35. The van der Waals surface area contributed by atoms with E-state index in [0.29, 0.717) is 13.1 Å². The van der Waals surface area contributed by atoms with Crippen molar-refractivity contribution in [2.75, 3.05) is 29.4 Å². The van der Waals surface area contributed by atoms with Crippen molar-refractivity contribution in [1.82, 2.24) is 14.8 Å². The van der Waals surface area contributed by atoms with Gasteiger partial charge in [-0.3, -0.25) is 14.5 Å². The molecule has 0 bridgehead atoms. The molecule has 2 aromatic heterocycles. The van der Waals surface area contributed by atoms with Gasteiger partial charge < -0.3 is 9.80 Å². The molecule has 1 aliphatic heterocycles. The molecule has 3 heterocycles. The van der Waals surface area contributed by atoms with E-state index in [-0.39, 0.29) is 18.3 Å². The zero-order chi connectivity index (χ0) is 17.6. The summed E-state index contributed by atoms with van der Waals surface area (Å²) < 4.78 is 15.4. The van der Waals surface area contributed by atoms with Crippen molar-refractivity contribution >= 4 is 28.2 Å². The molecule has 6 nitrogen and oxygen atoms in total. The summed E-state index contributed by atoms with van der Waals surface area (Å²) in [5, 5.41) is 4.85. The molecule has 1 aromatic carbocycles. The second-order valence-electron chi connectivity index (χ2n) is 6.28. The summed E-state index contributed by atoms with van der Waals surface area (Å²) in [6.45, 7) is 3.36. The highest BCUT2D eigenvalue weighted by atomic mass is 19.1. The van der Waals surface area contributed by atoms with Crippen LogP contribution in [0.25, 0.3) is 10.9 Å². The maximum absolute atomic E-state index is 13.7. The molecule has 4 rings (SSSR count). The highest BCUT2D eigenvalue weighted by Crippen LogP contribution is 2.29. The Balaban J connectivity index is 1.67. The lowest BCUT2D eigenvalue weighted by Crippen LogP contribution is -2.50. The standard InChI is InChI=1S/C18H18FN5O/c1-12-7-17(15-8-13(19)3-4-16(15)21-12)23-5-6-24(18(25)11-23)14-9-20-22(2)10-14/h3-4,7-10H,5-6,11H2,1-2H3. The van der Waals surface area contributed by atoms with Gasteiger partial charge in [0.15, 0.2) is 0 Å². The first-order valence-corrected chi connectivity index (χ1v) is 8.12. The van der Waals surface area contributed by atoms with Crippen molar-refractivity contribution in [1.29, 1.82) is 0 Å². The van der Waals surface area contributed by atoms with E-state index >= 15 is 0 Å². The molecule has 3 aromatic rings. The molecule has 1 aliphatic rings. The van der Waals surface area contributed by atoms with Gasteiger partial charge in [-0.15, -0.1) is 0 Å². The second-order valence-corrected chi connectivity index (χ2v) is 6.28. The van der Waals surface area contributed by atoms with Gasteiger partial charge in [0.2, 0.25) is 5.91 Å². The van der Waals surface area contributed by atoms with Crippen LogP contribution in [-0.4, -0.2) is 40.3 Å². The molecule has 1 amide bonds. The Morgan fingerprint density at radius 1 is 1.20 bits per heavy atom. The first-order chi connectivity index (χ1) is 12.0. The number of amides is 1. The Bertz CT molecular complexity index is 967. The molecule has 25 heavy (non-hydrogen) atoms. The summed E-state index contributed by atoms with van der Waals surface area (Å²) in [6.07, 6.45) is 3.52. The van der Waals surface area contributed by atoms with Crippen molar-refractivity contribution in [2.24, 2.45) is 7.05 Å². The molecule has 0 spiro atoms. The molecule has 0 aliphatic carbocycles. The summed E-state index contributed by atoms with van der Waals surface area (Å²) in [5.74, 6) is -0.307. The predicted molar refractivity (Wildman–Crippen MR) is 94.2 cm³/mol. The van der Waals surface area contributed by atoms with Gasteiger partial charge in [0, 0.05) is 43.1 Å². The number of hydrogen-bond acceptors (Lipinski definition) is 4. The summed E-state index contributed by atoms with van der Waals surface area (Å²) >= 11 is 0. The van der Waals surface area contributed by atoms with Crippen LogP contribution in [0.1, 0.15) is 5.69 Å². The summed E-state index contributed by atoms with van der Waals surface area (Å²) in [6, 6.07) is 6.47. The number of nitrogens with zero attached hydrogens (tertiary/aromatic N) is 5. The summed E-state index contributed by atoms with van der Waals surface area (Å²) in [7, 11) is 1.82. The van der Waals surface area contributed by atoms with Crippen LogP contribution in [0.3, 0.4) is 0 Å². The van der Waals surface area contributed by atoms with Crippen LogP contribution in [0.5, 0.6) is 0 Å². The molecule has 1 saturated heterocycles. The number of benzene rings is 1. The van der Waals surface area contributed by atoms with Crippen LogP contribution in [-0.2, 0) is 11.8 Å². The van der Waals surface area contributed by atoms with Crippen molar-refractivity contribution in [3.63, 3.8) is 0 Å². The normalized spacial score (nSPS) is 15.2. The Labute approximate surface area is 144 Å². The Kier molecular flexibility index (Phi) is 3.63. The molecular weight excluding hydrogens is 321 g/mol. The fraction of sp³-hybridized carbons (Fsp3) is 0.278. The molecule has 0 saturated carbocycles. The number of hydrogen-bond donors (Lipinski definition) is 0. The van der Waals surface area contributed by atoms with Crippen molar-refractivity contribution in [3.05, 3.63) is 48.2 Å². The van der Waals surface area contributed by atoms with Crippen LogP contribution in [0.15, 0.2) is 36.7 Å². The first-order valence-electron chi connectivity index (χ1n) is 8.12. The SMILES string of the molecule is Cc1cc(N2CCN(c3cnn(C)c3)C(=O)C2)c2cc(F)ccc2n1. The third-order valence-corrected chi connectivity index (χ3v) is 4.44. The molecule has 0 N–H and O–H groups in total. The van der Waals surface area contributed by atoms with Gasteiger partial charge in [0.25, 0.3) is 0 Å². The first kappa shape index (κ1) is 15.6. The highest BCUT2D eigenvalue weighted by molar-refractivity contribution is 6.00. The van der Waals surface area contributed by atoms with E-state index in [1.165, 1.54) is 12.1 Å². The number of carbonyl (C=O) groups is 1. The van der Waals surface area contributed by atoms with Crippen molar-refractivity contribution < 1.29 is 9.18 Å². The number of aromatic nitrogens is 3. The van der Waals surface area contributed by atoms with Crippen LogP contribution < -0.4 is 9.80 Å². The van der Waals surface area contributed by atoms with Crippen molar-refractivity contribution in [3.8, 4) is 0 Å². The smallest absolute Gasteiger partial charge is 0.246 e. The van der Waals surface area contributed by atoms with E-state index in [0.717, 1.165) is 28.0 Å². The van der Waals surface area contributed by atoms with E-state index < -0.39 is 0 Å². The number of pyridine rings is 1. The van der Waals surface area contributed by atoms with E-state index in [1.807, 2.05) is 31.1 Å². The van der Waals surface area contributed by atoms with Gasteiger partial charge >= 0.3 is 0 Å². The molecule has 7 heteroatoms. The van der Waals surface area contributed by atoms with E-state index in [9.17, 15) is 9.18 Å². The fourth-order valence-electron chi connectivity index (χ4n) is 3.27. The predicted octanol–water partition coefficient (Wildman–Crippen LogP) is 2.27. The largest absolute Gasteiger partial charge is 0.360 e. The number of fused-ring (bicyclic) bond motifs is 1. The van der Waals surface area contributed by atoms with E-state index in [1.54, 1.807) is 21.8 Å². The number of anilines is 2. The zero-order valence-electron chi connectivity index (χ0n) is 14.1. The summed E-state index contributed by atoms with van der Waals surface area (Å²) in [4.78, 5) is 20.8. The molecule has 128 valence electrons. The van der Waals surface area contributed by atoms with Crippen LogP contribution in [0.4, 0.5) is 15.8 Å². The quantitative estimate of drug-likeness (QED) is 0.719. The second kappa shape index (κ2) is 5.84. The lowest BCUT2D eigenvalue weighted by molar-refractivity contribution is -0.117. The Hall–Kier alpha value is -2.96. The minimum Gasteiger partial charge on any atom is -0.360 e. The maximum atomic E-state index is 13.7. The lowest BCUT2D eigenvalue weighted by atomic mass is 10.1. The van der Waals surface area contributed by atoms with Crippen molar-refractivity contribution in [2.45, 2.75) is 6.92 Å². The number of halogens is 1. The summed E-state index contributed by atoms with van der Waals surface area (Å²) in [5.41, 5.74) is 3.23. The Morgan fingerprint density at radius 2 is 2.04 bits per heavy atom. The topological polar surface area (TPSA) is 54.3 Å². The minimum absolute atomic E-state index is 0.00160.